The van der Waals surface area contributed by atoms with Crippen LogP contribution in [0.3, 0.4) is 0 Å². The van der Waals surface area contributed by atoms with Crippen molar-refractivity contribution in [3.05, 3.63) is 41.2 Å². The molecule has 0 atom stereocenters. The van der Waals surface area contributed by atoms with E-state index >= 15 is 0 Å². The Hall–Kier alpha value is -1.97. The van der Waals surface area contributed by atoms with Crippen molar-refractivity contribution in [3.8, 4) is 11.5 Å². The number of aryl methyl sites for hydroxylation is 2. The van der Waals surface area contributed by atoms with Crippen molar-refractivity contribution in [2.75, 3.05) is 34.9 Å². The SMILES string of the molecule is CN=C(NCCCc1ccc(OC)c(OC)c1)N(C)Cc1cn(C)nc1C(C)C.I. The largest absolute Gasteiger partial charge is 0.493 e. The van der Waals surface area contributed by atoms with Gasteiger partial charge in [0.05, 0.1) is 19.9 Å². The summed E-state index contributed by atoms with van der Waals surface area (Å²) in [4.78, 5) is 6.57. The number of rotatable bonds is 9. The molecular formula is C22H36IN5O2. The molecule has 0 radical (unpaired) electrons. The number of nitrogens with one attached hydrogen (secondary N) is 1. The Kier molecular flexibility index (Phi) is 11.0. The van der Waals surface area contributed by atoms with Crippen LogP contribution >= 0.6 is 24.0 Å². The van der Waals surface area contributed by atoms with Crippen molar-refractivity contribution in [2.24, 2.45) is 12.0 Å². The zero-order valence-electron chi connectivity index (χ0n) is 19.2. The average molecular weight is 529 g/mol. The average Bonchev–Trinajstić information content (AvgIpc) is 3.08. The van der Waals surface area contributed by atoms with Gasteiger partial charge in [0.2, 0.25) is 0 Å². The Morgan fingerprint density at radius 2 is 1.93 bits per heavy atom. The summed E-state index contributed by atoms with van der Waals surface area (Å²) in [5.74, 6) is 2.81. The first-order valence-electron chi connectivity index (χ1n) is 10.0. The summed E-state index contributed by atoms with van der Waals surface area (Å²) in [6, 6.07) is 6.07. The molecule has 0 unspecified atom stereocenters. The number of aromatic nitrogens is 2. The molecule has 7 nitrogen and oxygen atoms in total. The van der Waals surface area contributed by atoms with Crippen LogP contribution in [0.5, 0.6) is 11.5 Å². The monoisotopic (exact) mass is 529 g/mol. The molecule has 0 fully saturated rings. The third-order valence-electron chi connectivity index (χ3n) is 4.84. The molecule has 0 saturated carbocycles. The summed E-state index contributed by atoms with van der Waals surface area (Å²) < 4.78 is 12.6. The summed E-state index contributed by atoms with van der Waals surface area (Å²) in [5, 5.41) is 8.05. The molecule has 168 valence electrons. The Labute approximate surface area is 197 Å². The second-order valence-electron chi connectivity index (χ2n) is 7.49. The highest BCUT2D eigenvalue weighted by molar-refractivity contribution is 14.0. The number of aliphatic imine (C=N–C) groups is 1. The van der Waals surface area contributed by atoms with Crippen molar-refractivity contribution in [2.45, 2.75) is 39.2 Å². The Morgan fingerprint density at radius 3 is 2.53 bits per heavy atom. The highest BCUT2D eigenvalue weighted by Crippen LogP contribution is 2.27. The molecule has 1 aromatic heterocycles. The van der Waals surface area contributed by atoms with Crippen LogP contribution in [0, 0.1) is 0 Å². The lowest BCUT2D eigenvalue weighted by atomic mass is 10.1. The minimum atomic E-state index is 0. The smallest absolute Gasteiger partial charge is 0.193 e. The fraction of sp³-hybridized carbons (Fsp3) is 0.545. The second-order valence-corrected chi connectivity index (χ2v) is 7.49. The van der Waals surface area contributed by atoms with Crippen LogP contribution < -0.4 is 14.8 Å². The van der Waals surface area contributed by atoms with E-state index in [0.29, 0.717) is 5.92 Å². The summed E-state index contributed by atoms with van der Waals surface area (Å²) in [6.45, 7) is 5.96. The molecule has 0 aliphatic carbocycles. The van der Waals surface area contributed by atoms with Gasteiger partial charge in [-0.15, -0.1) is 24.0 Å². The molecule has 8 heteroatoms. The van der Waals surface area contributed by atoms with E-state index < -0.39 is 0 Å². The first-order valence-corrected chi connectivity index (χ1v) is 10.0. The van der Waals surface area contributed by atoms with Crippen LogP contribution in [-0.4, -0.2) is 55.5 Å². The second kappa shape index (κ2) is 12.7. The van der Waals surface area contributed by atoms with Gasteiger partial charge in [0.1, 0.15) is 0 Å². The third kappa shape index (κ3) is 7.07. The van der Waals surface area contributed by atoms with E-state index in [4.69, 9.17) is 9.47 Å². The molecule has 0 bridgehead atoms. The minimum absolute atomic E-state index is 0. The summed E-state index contributed by atoms with van der Waals surface area (Å²) in [5.41, 5.74) is 3.60. The number of hydrogen-bond donors (Lipinski definition) is 1. The van der Waals surface area contributed by atoms with Crippen LogP contribution in [0.2, 0.25) is 0 Å². The van der Waals surface area contributed by atoms with Crippen molar-refractivity contribution in [3.63, 3.8) is 0 Å². The van der Waals surface area contributed by atoms with Crippen molar-refractivity contribution >= 4 is 29.9 Å². The summed E-state index contributed by atoms with van der Waals surface area (Å²) in [7, 11) is 9.16. The molecule has 0 amide bonds. The number of guanidine groups is 1. The lowest BCUT2D eigenvalue weighted by Gasteiger charge is -2.22. The highest BCUT2D eigenvalue weighted by atomic mass is 127. The van der Waals surface area contributed by atoms with E-state index in [0.717, 1.165) is 49.1 Å². The maximum absolute atomic E-state index is 5.38. The molecule has 1 N–H and O–H groups in total. The van der Waals surface area contributed by atoms with E-state index in [1.807, 2.05) is 30.9 Å². The Morgan fingerprint density at radius 1 is 1.23 bits per heavy atom. The van der Waals surface area contributed by atoms with E-state index in [1.54, 1.807) is 14.2 Å². The van der Waals surface area contributed by atoms with Gasteiger partial charge in [-0.3, -0.25) is 9.67 Å². The van der Waals surface area contributed by atoms with Gasteiger partial charge in [0.15, 0.2) is 17.5 Å². The molecule has 2 rings (SSSR count). The molecular weight excluding hydrogens is 493 g/mol. The maximum Gasteiger partial charge on any atom is 0.193 e. The molecule has 1 aromatic carbocycles. The normalized spacial score (nSPS) is 11.3. The standard InChI is InChI=1S/C22H35N5O2.HI/c1-16(2)21-18(15-27(5)25-21)14-26(4)22(23-3)24-12-8-9-17-10-11-19(28-6)20(13-17)29-7;/h10-11,13,15-16H,8-9,12,14H2,1-7H3,(H,23,24);1H. The molecule has 30 heavy (non-hydrogen) atoms. The molecule has 0 aliphatic rings. The topological polar surface area (TPSA) is 63.9 Å². The van der Waals surface area contributed by atoms with Crippen LogP contribution in [0.15, 0.2) is 29.4 Å². The molecule has 0 aliphatic heterocycles. The van der Waals surface area contributed by atoms with E-state index in [9.17, 15) is 0 Å². The Balaban J connectivity index is 0.00000450. The number of hydrogen-bond acceptors (Lipinski definition) is 4. The third-order valence-corrected chi connectivity index (χ3v) is 4.84. The van der Waals surface area contributed by atoms with Crippen LogP contribution in [0.1, 0.15) is 43.0 Å². The minimum Gasteiger partial charge on any atom is -0.493 e. The summed E-state index contributed by atoms with van der Waals surface area (Å²) >= 11 is 0. The molecule has 1 heterocycles. The maximum atomic E-state index is 5.38. The molecule has 0 spiro atoms. The Bertz CT molecular complexity index is 820. The van der Waals surface area contributed by atoms with Gasteiger partial charge in [0, 0.05) is 46.0 Å². The number of benzene rings is 1. The van der Waals surface area contributed by atoms with Gasteiger partial charge >= 0.3 is 0 Å². The lowest BCUT2D eigenvalue weighted by molar-refractivity contribution is 0.354. The predicted molar refractivity (Wildman–Crippen MR) is 133 cm³/mol. The zero-order chi connectivity index (χ0) is 21.4. The van der Waals surface area contributed by atoms with E-state index in [-0.39, 0.29) is 24.0 Å². The van der Waals surface area contributed by atoms with E-state index in [1.165, 1.54) is 11.1 Å². The first-order chi connectivity index (χ1) is 13.9. The fourth-order valence-corrected chi connectivity index (χ4v) is 3.41. The van der Waals surface area contributed by atoms with Gasteiger partial charge in [-0.05, 0) is 36.5 Å². The number of halogens is 1. The van der Waals surface area contributed by atoms with Gasteiger partial charge in [-0.2, -0.15) is 5.10 Å². The summed E-state index contributed by atoms with van der Waals surface area (Å²) in [6.07, 6.45) is 4.04. The zero-order valence-corrected chi connectivity index (χ0v) is 21.6. The van der Waals surface area contributed by atoms with Crippen molar-refractivity contribution < 1.29 is 9.47 Å². The van der Waals surface area contributed by atoms with Gasteiger partial charge in [0.25, 0.3) is 0 Å². The first kappa shape index (κ1) is 26.1. The van der Waals surface area contributed by atoms with Crippen LogP contribution in [0.4, 0.5) is 0 Å². The van der Waals surface area contributed by atoms with Gasteiger partial charge < -0.3 is 19.7 Å². The highest BCUT2D eigenvalue weighted by Gasteiger charge is 2.15. The predicted octanol–water partition coefficient (Wildman–Crippen LogP) is 3.82. The number of nitrogens with zero attached hydrogens (tertiary/aromatic N) is 4. The van der Waals surface area contributed by atoms with Gasteiger partial charge in [-0.25, -0.2) is 0 Å². The lowest BCUT2D eigenvalue weighted by Crippen LogP contribution is -2.39. The quantitative estimate of drug-likeness (QED) is 0.232. The fourth-order valence-electron chi connectivity index (χ4n) is 3.41. The van der Waals surface area contributed by atoms with Crippen LogP contribution in [0.25, 0.3) is 0 Å². The number of methoxy groups -OCH3 is 2. The van der Waals surface area contributed by atoms with Crippen molar-refractivity contribution in [1.82, 2.24) is 20.0 Å². The molecule has 0 saturated heterocycles. The van der Waals surface area contributed by atoms with Crippen LogP contribution in [-0.2, 0) is 20.0 Å². The molecule has 2 aromatic rings. The number of ether oxygens (including phenoxy) is 2. The van der Waals surface area contributed by atoms with E-state index in [2.05, 4.69) is 53.5 Å². The van der Waals surface area contributed by atoms with Crippen molar-refractivity contribution in [1.29, 1.82) is 0 Å². The van der Waals surface area contributed by atoms with Gasteiger partial charge in [-0.1, -0.05) is 19.9 Å².